The summed E-state index contributed by atoms with van der Waals surface area (Å²) in [5.74, 6) is 0.347. The molecule has 0 bridgehead atoms. The predicted octanol–water partition coefficient (Wildman–Crippen LogP) is 9.97. The normalized spacial score (nSPS) is 20.2. The number of allylic oxidation sites excluding steroid dienone is 2. The number of carbonyl (C=O) groups is 1. The van der Waals surface area contributed by atoms with Gasteiger partial charge in [0.2, 0.25) is 0 Å². The van der Waals surface area contributed by atoms with Crippen LogP contribution in [0, 0.1) is 0 Å². The van der Waals surface area contributed by atoms with Crippen LogP contribution in [0.25, 0.3) is 11.1 Å². The summed E-state index contributed by atoms with van der Waals surface area (Å²) in [4.78, 5) is 24.9. The van der Waals surface area contributed by atoms with Gasteiger partial charge in [0.1, 0.15) is 0 Å². The molecule has 3 aliphatic rings. The lowest BCUT2D eigenvalue weighted by Crippen LogP contribution is -2.35. The fourth-order valence-electron chi connectivity index (χ4n) is 8.19. The quantitative estimate of drug-likeness (QED) is 0.201. The van der Waals surface area contributed by atoms with Gasteiger partial charge in [0.05, 0.1) is 5.60 Å². The number of carbonyl (C=O) groups excluding carboxylic acids is 1. The number of Topliss-reactive ketones (excluding diaryl/α,β-unsaturated/α-hetero) is 1. The van der Waals surface area contributed by atoms with Crippen LogP contribution in [-0.2, 0) is 24.9 Å². The molecule has 0 radical (unpaired) electrons. The third kappa shape index (κ3) is 7.42. The molecule has 3 heterocycles. The predicted molar refractivity (Wildman–Crippen MR) is 209 cm³/mol. The van der Waals surface area contributed by atoms with Crippen molar-refractivity contribution in [1.29, 1.82) is 0 Å². The summed E-state index contributed by atoms with van der Waals surface area (Å²) in [6, 6.07) is 36.8. The zero-order chi connectivity index (χ0) is 35.9. The molecule has 260 valence electrons. The molecule has 3 aliphatic carbocycles. The zero-order valence-electron chi connectivity index (χ0n) is 30.0. The molecule has 0 fully saturated rings. The number of aryl methyl sites for hydroxylation is 3. The van der Waals surface area contributed by atoms with Gasteiger partial charge in [0, 0.05) is 54.6 Å². The number of rotatable bonds is 3. The highest BCUT2D eigenvalue weighted by Crippen LogP contribution is 2.45. The van der Waals surface area contributed by atoms with E-state index in [1.807, 2.05) is 92.2 Å². The smallest absolute Gasteiger partial charge is 0.170 e. The van der Waals surface area contributed by atoms with Gasteiger partial charge in [-0.2, -0.15) is 0 Å². The minimum atomic E-state index is -0.808. The number of pyridine rings is 3. The largest absolute Gasteiger partial charge is 0.385 e. The highest BCUT2D eigenvalue weighted by Gasteiger charge is 2.39. The summed E-state index contributed by atoms with van der Waals surface area (Å²) in [6.45, 7) is 4.14. The molecule has 5 heteroatoms. The molecule has 9 rings (SSSR count). The number of hydrogen-bond donors (Lipinski definition) is 1. The zero-order valence-corrected chi connectivity index (χ0v) is 30.0. The Kier molecular flexibility index (Phi) is 10.6. The van der Waals surface area contributed by atoms with Crippen molar-refractivity contribution >= 4 is 16.9 Å². The maximum Gasteiger partial charge on any atom is 0.170 e. The van der Waals surface area contributed by atoms with E-state index in [4.69, 9.17) is 0 Å². The molecule has 3 aromatic heterocycles. The number of nitrogens with zero attached hydrogens (tertiary/aromatic N) is 3. The van der Waals surface area contributed by atoms with E-state index in [1.165, 1.54) is 39.0 Å². The second-order valence-corrected chi connectivity index (χ2v) is 14.1. The minimum absolute atomic E-state index is 0.0152. The van der Waals surface area contributed by atoms with E-state index in [0.29, 0.717) is 0 Å². The third-order valence-electron chi connectivity index (χ3n) is 10.9. The van der Waals surface area contributed by atoms with Crippen LogP contribution in [0.2, 0.25) is 0 Å². The van der Waals surface area contributed by atoms with Gasteiger partial charge in [-0.15, -0.1) is 0 Å². The molecule has 3 atom stereocenters. The van der Waals surface area contributed by atoms with Crippen molar-refractivity contribution in [2.24, 2.45) is 0 Å². The van der Waals surface area contributed by atoms with Crippen molar-refractivity contribution in [3.8, 4) is 0 Å². The number of benzene rings is 3. The maximum absolute atomic E-state index is 12.4. The molecule has 0 amide bonds. The lowest BCUT2D eigenvalue weighted by Gasteiger charge is -2.39. The first kappa shape index (κ1) is 34.9. The van der Waals surface area contributed by atoms with Crippen LogP contribution in [0.4, 0.5) is 0 Å². The first-order valence-corrected chi connectivity index (χ1v) is 18.3. The van der Waals surface area contributed by atoms with E-state index < -0.39 is 5.60 Å². The number of hydrogen-bond acceptors (Lipinski definition) is 5. The van der Waals surface area contributed by atoms with E-state index in [1.54, 1.807) is 18.6 Å². The maximum atomic E-state index is 12.4. The highest BCUT2D eigenvalue weighted by atomic mass is 16.3. The van der Waals surface area contributed by atoms with E-state index in [9.17, 15) is 9.90 Å². The molecule has 52 heavy (non-hydrogen) atoms. The molecule has 0 saturated heterocycles. The Bertz CT molecular complexity index is 2160. The Hall–Kier alpha value is -5.52. The van der Waals surface area contributed by atoms with Gasteiger partial charge < -0.3 is 5.11 Å². The molecule has 3 aromatic carbocycles. The van der Waals surface area contributed by atoms with Gasteiger partial charge in [-0.25, -0.2) is 0 Å². The lowest BCUT2D eigenvalue weighted by atomic mass is 9.70. The highest BCUT2D eigenvalue weighted by molar-refractivity contribution is 6.03. The monoisotopic (exact) mass is 683 g/mol. The van der Waals surface area contributed by atoms with Crippen LogP contribution in [0.3, 0.4) is 0 Å². The topological polar surface area (TPSA) is 76.0 Å². The van der Waals surface area contributed by atoms with Crippen LogP contribution in [0.5, 0.6) is 0 Å². The minimum Gasteiger partial charge on any atom is -0.385 e. The SMILES string of the molecule is CC1(O)c2ccccc2CCC1c1cccnc1.CC1=C(c2cccnc2)CCc2ccccc21.O=C1c2ccccc2CCC1c1cccnc1. The molecule has 5 nitrogen and oxygen atoms in total. The van der Waals surface area contributed by atoms with E-state index in [-0.39, 0.29) is 17.6 Å². The van der Waals surface area contributed by atoms with Crippen molar-refractivity contribution in [3.63, 3.8) is 0 Å². The van der Waals surface area contributed by atoms with Crippen LogP contribution in [0.1, 0.15) is 99.8 Å². The number of fused-ring (bicyclic) bond motifs is 3. The molecule has 0 spiro atoms. The Balaban J connectivity index is 0.000000121. The Labute approximate surface area is 307 Å². The average molecular weight is 684 g/mol. The fourth-order valence-corrected chi connectivity index (χ4v) is 8.19. The van der Waals surface area contributed by atoms with Gasteiger partial charge in [0.25, 0.3) is 0 Å². The van der Waals surface area contributed by atoms with Crippen LogP contribution in [0.15, 0.2) is 146 Å². The Morgan fingerprint density at radius 3 is 1.85 bits per heavy atom. The average Bonchev–Trinajstić information content (AvgIpc) is 3.20. The lowest BCUT2D eigenvalue weighted by molar-refractivity contribution is 0.0159. The van der Waals surface area contributed by atoms with Gasteiger partial charge >= 0.3 is 0 Å². The van der Waals surface area contributed by atoms with Crippen molar-refractivity contribution < 1.29 is 9.90 Å². The van der Waals surface area contributed by atoms with Gasteiger partial charge in [-0.05, 0) is 126 Å². The summed E-state index contributed by atoms with van der Waals surface area (Å²) in [7, 11) is 0. The third-order valence-corrected chi connectivity index (χ3v) is 10.9. The second kappa shape index (κ2) is 15.8. The van der Waals surface area contributed by atoms with Crippen LogP contribution < -0.4 is 0 Å². The van der Waals surface area contributed by atoms with Crippen molar-refractivity contribution in [1.82, 2.24) is 15.0 Å². The van der Waals surface area contributed by atoms with Gasteiger partial charge in [-0.3, -0.25) is 19.7 Å². The summed E-state index contributed by atoms with van der Waals surface area (Å²) in [6.07, 6.45) is 17.1. The summed E-state index contributed by atoms with van der Waals surface area (Å²) >= 11 is 0. The Morgan fingerprint density at radius 2 is 1.17 bits per heavy atom. The number of aromatic nitrogens is 3. The standard InChI is InChI=1S/C16H17NO.C16H15N.C15H13NO/c1-16(18)14-7-3-2-5-12(14)8-9-15(16)13-6-4-10-17-11-13;1-12-15-7-3-2-5-13(15)8-9-16(12)14-6-4-10-17-11-14;17-15-13-6-2-1-4-11(13)7-8-14(15)12-5-3-9-16-10-12/h2-7,10-11,15,18H,8-9H2,1H3;2-7,10-11H,8-9H2,1H3;1-6,9-10,14H,7-8H2. The fraction of sp³-hybridized carbons (Fsp3) is 0.234. The summed E-state index contributed by atoms with van der Waals surface area (Å²) in [5, 5.41) is 10.9. The van der Waals surface area contributed by atoms with E-state index >= 15 is 0 Å². The molecular weight excluding hydrogens is 639 g/mol. The number of aliphatic hydroxyl groups is 1. The van der Waals surface area contributed by atoms with E-state index in [2.05, 4.69) is 64.3 Å². The molecule has 0 aliphatic heterocycles. The molecule has 6 aromatic rings. The second-order valence-electron chi connectivity index (χ2n) is 14.1. The summed E-state index contributed by atoms with van der Waals surface area (Å²) < 4.78 is 0. The van der Waals surface area contributed by atoms with Crippen LogP contribution in [-0.4, -0.2) is 25.8 Å². The molecule has 0 saturated carbocycles. The van der Waals surface area contributed by atoms with Crippen molar-refractivity contribution in [2.45, 2.75) is 69.8 Å². The van der Waals surface area contributed by atoms with Gasteiger partial charge in [-0.1, -0.05) is 91.0 Å². The molecule has 3 unspecified atom stereocenters. The number of ketones is 1. The Morgan fingerprint density at radius 1 is 0.596 bits per heavy atom. The summed E-state index contributed by atoms with van der Waals surface area (Å²) in [5.41, 5.74) is 12.7. The molecule has 1 N–H and O–H groups in total. The van der Waals surface area contributed by atoms with Gasteiger partial charge in [0.15, 0.2) is 5.78 Å². The van der Waals surface area contributed by atoms with E-state index in [0.717, 1.165) is 60.8 Å². The van der Waals surface area contributed by atoms with Crippen molar-refractivity contribution in [3.05, 3.63) is 196 Å². The van der Waals surface area contributed by atoms with Crippen LogP contribution >= 0.6 is 0 Å². The van der Waals surface area contributed by atoms with Crippen molar-refractivity contribution in [2.75, 3.05) is 0 Å². The molecular formula is C47H45N3O2. The first-order valence-electron chi connectivity index (χ1n) is 18.3. The first-order chi connectivity index (χ1) is 25.4.